The summed E-state index contributed by atoms with van der Waals surface area (Å²) in [7, 11) is 0. The van der Waals surface area contributed by atoms with Crippen LogP contribution in [0.2, 0.25) is 0 Å². The first-order valence-electron chi connectivity index (χ1n) is 5.66. The smallest absolute Gasteiger partial charge is 0.163 e. The zero-order chi connectivity index (χ0) is 11.4. The minimum Gasteiger partial charge on any atom is -0.378 e. The van der Waals surface area contributed by atoms with Crippen LogP contribution in [0.1, 0.15) is 36.0 Å². The number of benzene rings is 1. The summed E-state index contributed by atoms with van der Waals surface area (Å²) in [6.07, 6.45) is 3.52. The van der Waals surface area contributed by atoms with Crippen molar-refractivity contribution in [3.05, 3.63) is 35.6 Å². The van der Waals surface area contributed by atoms with Crippen LogP contribution < -0.4 is 0 Å². The molecule has 2 nitrogen and oxygen atoms in total. The molecule has 1 unspecified atom stereocenters. The van der Waals surface area contributed by atoms with Gasteiger partial charge in [0.1, 0.15) is 5.82 Å². The van der Waals surface area contributed by atoms with Crippen LogP contribution in [0.15, 0.2) is 24.3 Å². The van der Waals surface area contributed by atoms with Crippen LogP contribution in [0.3, 0.4) is 0 Å². The molecule has 1 aliphatic heterocycles. The molecule has 0 aromatic heterocycles. The first kappa shape index (κ1) is 11.3. The van der Waals surface area contributed by atoms with E-state index in [2.05, 4.69) is 0 Å². The van der Waals surface area contributed by atoms with Crippen molar-refractivity contribution in [1.29, 1.82) is 0 Å². The van der Waals surface area contributed by atoms with Crippen molar-refractivity contribution < 1.29 is 13.9 Å². The SMILES string of the molecule is O=C(CCC1CCCO1)c1cccc(F)c1. The molecule has 1 aromatic carbocycles. The van der Waals surface area contributed by atoms with Crippen LogP contribution in [0.25, 0.3) is 0 Å². The fraction of sp³-hybridized carbons (Fsp3) is 0.462. The van der Waals surface area contributed by atoms with Crippen molar-refractivity contribution in [1.82, 2.24) is 0 Å². The summed E-state index contributed by atoms with van der Waals surface area (Å²) in [6, 6.07) is 5.85. The standard InChI is InChI=1S/C13H15FO2/c14-11-4-1-3-10(9-11)13(15)7-6-12-5-2-8-16-12/h1,3-4,9,12H,2,5-8H2. The monoisotopic (exact) mass is 222 g/mol. The van der Waals surface area contributed by atoms with Crippen molar-refractivity contribution in [3.63, 3.8) is 0 Å². The molecule has 0 spiro atoms. The number of hydrogen-bond acceptors (Lipinski definition) is 2. The molecule has 0 saturated carbocycles. The number of rotatable bonds is 4. The maximum absolute atomic E-state index is 12.9. The Kier molecular flexibility index (Phi) is 3.67. The van der Waals surface area contributed by atoms with E-state index in [0.717, 1.165) is 25.9 Å². The summed E-state index contributed by atoms with van der Waals surface area (Å²) in [5.74, 6) is -0.363. The zero-order valence-electron chi connectivity index (χ0n) is 9.12. The van der Waals surface area contributed by atoms with Crippen molar-refractivity contribution in [2.75, 3.05) is 6.61 Å². The summed E-state index contributed by atoms with van der Waals surface area (Å²) in [6.45, 7) is 0.804. The van der Waals surface area contributed by atoms with Gasteiger partial charge >= 0.3 is 0 Å². The second-order valence-electron chi connectivity index (χ2n) is 4.11. The van der Waals surface area contributed by atoms with E-state index >= 15 is 0 Å². The molecule has 1 saturated heterocycles. The molecule has 0 N–H and O–H groups in total. The lowest BCUT2D eigenvalue weighted by Gasteiger charge is -2.07. The fourth-order valence-electron chi connectivity index (χ4n) is 1.97. The number of ether oxygens (including phenoxy) is 1. The Morgan fingerprint density at radius 3 is 3.06 bits per heavy atom. The van der Waals surface area contributed by atoms with Gasteiger partial charge in [-0.15, -0.1) is 0 Å². The highest BCUT2D eigenvalue weighted by Gasteiger charge is 2.17. The molecule has 86 valence electrons. The molecular formula is C13H15FO2. The van der Waals surface area contributed by atoms with E-state index < -0.39 is 0 Å². The van der Waals surface area contributed by atoms with E-state index in [4.69, 9.17) is 4.74 Å². The van der Waals surface area contributed by atoms with Gasteiger partial charge in [0, 0.05) is 18.6 Å². The molecule has 0 radical (unpaired) electrons. The minimum absolute atomic E-state index is 0.00463. The van der Waals surface area contributed by atoms with Gasteiger partial charge in [0.05, 0.1) is 6.10 Å². The van der Waals surface area contributed by atoms with Gasteiger partial charge < -0.3 is 4.74 Å². The second kappa shape index (κ2) is 5.21. The topological polar surface area (TPSA) is 26.3 Å². The van der Waals surface area contributed by atoms with Crippen LogP contribution in [-0.2, 0) is 4.74 Å². The Hall–Kier alpha value is -1.22. The minimum atomic E-state index is -0.358. The zero-order valence-corrected chi connectivity index (χ0v) is 9.12. The summed E-state index contributed by atoms with van der Waals surface area (Å²) >= 11 is 0. The predicted molar refractivity (Wildman–Crippen MR) is 58.9 cm³/mol. The summed E-state index contributed by atoms with van der Waals surface area (Å²) in [4.78, 5) is 11.7. The number of carbonyl (C=O) groups excluding carboxylic acids is 1. The first-order valence-corrected chi connectivity index (χ1v) is 5.66. The third-order valence-corrected chi connectivity index (χ3v) is 2.86. The van der Waals surface area contributed by atoms with Crippen molar-refractivity contribution in [2.45, 2.75) is 31.8 Å². The maximum atomic E-state index is 12.9. The van der Waals surface area contributed by atoms with Gasteiger partial charge in [0.15, 0.2) is 5.78 Å². The van der Waals surface area contributed by atoms with Gasteiger partial charge in [-0.3, -0.25) is 4.79 Å². The highest BCUT2D eigenvalue weighted by molar-refractivity contribution is 5.96. The van der Waals surface area contributed by atoms with Gasteiger partial charge in [-0.2, -0.15) is 0 Å². The Morgan fingerprint density at radius 2 is 2.38 bits per heavy atom. The molecule has 0 amide bonds. The molecule has 0 aliphatic carbocycles. The van der Waals surface area contributed by atoms with E-state index in [-0.39, 0.29) is 17.7 Å². The average Bonchev–Trinajstić information content (AvgIpc) is 2.78. The lowest BCUT2D eigenvalue weighted by molar-refractivity contribution is 0.0859. The van der Waals surface area contributed by atoms with E-state index in [1.807, 2.05) is 0 Å². The number of Topliss-reactive ketones (excluding diaryl/α,β-unsaturated/α-hetero) is 1. The van der Waals surface area contributed by atoms with E-state index in [1.54, 1.807) is 12.1 Å². The van der Waals surface area contributed by atoms with Gasteiger partial charge in [-0.05, 0) is 31.4 Å². The molecule has 1 atom stereocenters. The molecular weight excluding hydrogens is 207 g/mol. The molecule has 1 fully saturated rings. The maximum Gasteiger partial charge on any atom is 0.163 e. The largest absolute Gasteiger partial charge is 0.378 e. The van der Waals surface area contributed by atoms with E-state index in [0.29, 0.717) is 12.0 Å². The van der Waals surface area contributed by atoms with E-state index in [1.165, 1.54) is 12.1 Å². The molecule has 1 heterocycles. The lowest BCUT2D eigenvalue weighted by Crippen LogP contribution is -2.08. The summed E-state index contributed by atoms with van der Waals surface area (Å²) in [5.41, 5.74) is 0.456. The first-order chi connectivity index (χ1) is 7.75. The van der Waals surface area contributed by atoms with Gasteiger partial charge in [-0.25, -0.2) is 4.39 Å². The molecule has 3 heteroatoms. The Bertz CT molecular complexity index is 370. The van der Waals surface area contributed by atoms with Crippen LogP contribution >= 0.6 is 0 Å². The highest BCUT2D eigenvalue weighted by atomic mass is 19.1. The molecule has 16 heavy (non-hydrogen) atoms. The third-order valence-electron chi connectivity index (χ3n) is 2.86. The van der Waals surface area contributed by atoms with Crippen LogP contribution in [0, 0.1) is 5.82 Å². The number of halogens is 1. The molecule has 2 rings (SSSR count). The predicted octanol–water partition coefficient (Wildman–Crippen LogP) is 2.97. The average molecular weight is 222 g/mol. The van der Waals surface area contributed by atoms with E-state index in [9.17, 15) is 9.18 Å². The van der Waals surface area contributed by atoms with Crippen LogP contribution in [0.4, 0.5) is 4.39 Å². The fourth-order valence-corrected chi connectivity index (χ4v) is 1.97. The van der Waals surface area contributed by atoms with Gasteiger partial charge in [-0.1, -0.05) is 12.1 Å². The summed E-state index contributed by atoms with van der Waals surface area (Å²) < 4.78 is 18.3. The third kappa shape index (κ3) is 2.89. The number of hydrogen-bond donors (Lipinski definition) is 0. The number of carbonyl (C=O) groups is 1. The highest BCUT2D eigenvalue weighted by Crippen LogP contribution is 2.18. The normalized spacial score (nSPS) is 19.9. The van der Waals surface area contributed by atoms with Crippen LogP contribution in [0.5, 0.6) is 0 Å². The summed E-state index contributed by atoms with van der Waals surface area (Å²) in [5, 5.41) is 0. The molecule has 1 aliphatic rings. The van der Waals surface area contributed by atoms with Gasteiger partial charge in [0.2, 0.25) is 0 Å². The Morgan fingerprint density at radius 1 is 1.50 bits per heavy atom. The van der Waals surface area contributed by atoms with Crippen molar-refractivity contribution in [2.24, 2.45) is 0 Å². The van der Waals surface area contributed by atoms with Gasteiger partial charge in [0.25, 0.3) is 0 Å². The lowest BCUT2D eigenvalue weighted by atomic mass is 10.0. The number of ketones is 1. The Balaban J connectivity index is 1.87. The second-order valence-corrected chi connectivity index (χ2v) is 4.11. The quantitative estimate of drug-likeness (QED) is 0.732. The van der Waals surface area contributed by atoms with Crippen molar-refractivity contribution >= 4 is 5.78 Å². The molecule has 1 aromatic rings. The van der Waals surface area contributed by atoms with Crippen molar-refractivity contribution in [3.8, 4) is 0 Å². The molecule has 0 bridgehead atoms. The Labute approximate surface area is 94.4 Å². The van der Waals surface area contributed by atoms with Crippen LogP contribution in [-0.4, -0.2) is 18.5 Å².